The van der Waals surface area contributed by atoms with Crippen molar-refractivity contribution in [2.75, 3.05) is 10.8 Å². The second-order valence-electron chi connectivity index (χ2n) is 11.0. The maximum atomic E-state index is 14.5. The van der Waals surface area contributed by atoms with E-state index in [4.69, 9.17) is 11.6 Å². The molecular formula is C36H40ClN3O4S. The predicted octanol–water partition coefficient (Wildman–Crippen LogP) is 6.65. The highest BCUT2D eigenvalue weighted by Gasteiger charge is 2.35. The highest BCUT2D eigenvalue weighted by Crippen LogP contribution is 2.26. The number of aryl methyl sites for hydroxylation is 1. The lowest BCUT2D eigenvalue weighted by Gasteiger charge is -2.34. The first-order chi connectivity index (χ1) is 21.6. The molecule has 0 saturated carbocycles. The largest absolute Gasteiger partial charge is 0.352 e. The first-order valence-corrected chi connectivity index (χ1v) is 17.0. The number of anilines is 1. The summed E-state index contributed by atoms with van der Waals surface area (Å²) in [4.78, 5) is 30.0. The average molecular weight is 646 g/mol. The van der Waals surface area contributed by atoms with Gasteiger partial charge in [-0.3, -0.25) is 13.9 Å². The van der Waals surface area contributed by atoms with E-state index in [0.717, 1.165) is 27.4 Å². The number of carbonyl (C=O) groups is 2. The van der Waals surface area contributed by atoms with Crippen LogP contribution in [-0.4, -0.2) is 43.8 Å². The molecule has 0 radical (unpaired) electrons. The van der Waals surface area contributed by atoms with Crippen LogP contribution in [-0.2, 0) is 39.0 Å². The van der Waals surface area contributed by atoms with Crippen molar-refractivity contribution in [3.63, 3.8) is 0 Å². The van der Waals surface area contributed by atoms with Crippen molar-refractivity contribution in [2.45, 2.75) is 63.6 Å². The van der Waals surface area contributed by atoms with Gasteiger partial charge in [0.15, 0.2) is 0 Å². The zero-order chi connectivity index (χ0) is 32.4. The Morgan fingerprint density at radius 2 is 1.42 bits per heavy atom. The smallest absolute Gasteiger partial charge is 0.264 e. The van der Waals surface area contributed by atoms with Gasteiger partial charge in [-0.05, 0) is 72.9 Å². The zero-order valence-electron chi connectivity index (χ0n) is 25.9. The maximum Gasteiger partial charge on any atom is 0.264 e. The quantitative estimate of drug-likeness (QED) is 0.166. The van der Waals surface area contributed by atoms with Crippen LogP contribution in [0.2, 0.25) is 5.02 Å². The average Bonchev–Trinajstić information content (AvgIpc) is 3.06. The molecule has 0 bridgehead atoms. The SMILES string of the molecule is CCc1ccc(N(CC(=O)N(Cc2cccc(Cl)c2)[C@@H](Cc2ccccc2)C(=O)N[C@H](C)CC)S(=O)(=O)c2ccccc2)cc1. The molecule has 4 rings (SSSR count). The number of rotatable bonds is 14. The predicted molar refractivity (Wildman–Crippen MR) is 181 cm³/mol. The normalized spacial score (nSPS) is 12.6. The second-order valence-corrected chi connectivity index (χ2v) is 13.3. The fourth-order valence-electron chi connectivity index (χ4n) is 4.97. The lowest BCUT2D eigenvalue weighted by Crippen LogP contribution is -2.54. The maximum absolute atomic E-state index is 14.5. The Labute approximate surface area is 271 Å². The van der Waals surface area contributed by atoms with Crippen LogP contribution in [0.1, 0.15) is 43.9 Å². The van der Waals surface area contributed by atoms with Crippen LogP contribution in [0.4, 0.5) is 5.69 Å². The van der Waals surface area contributed by atoms with Gasteiger partial charge in [0.2, 0.25) is 11.8 Å². The minimum Gasteiger partial charge on any atom is -0.352 e. The summed E-state index contributed by atoms with van der Waals surface area (Å²) < 4.78 is 29.3. The van der Waals surface area contributed by atoms with E-state index in [-0.39, 0.29) is 29.8 Å². The van der Waals surface area contributed by atoms with Crippen molar-refractivity contribution >= 4 is 39.1 Å². The Hall–Kier alpha value is -4.14. The number of hydrogen-bond acceptors (Lipinski definition) is 4. The van der Waals surface area contributed by atoms with E-state index in [1.165, 1.54) is 17.0 Å². The summed E-state index contributed by atoms with van der Waals surface area (Å²) in [6.45, 7) is 5.45. The summed E-state index contributed by atoms with van der Waals surface area (Å²) >= 11 is 6.31. The molecule has 0 aliphatic rings. The van der Waals surface area contributed by atoms with Crippen molar-refractivity contribution in [3.8, 4) is 0 Å². The minimum atomic E-state index is -4.15. The Bertz CT molecular complexity index is 1670. The molecule has 0 aliphatic heterocycles. The summed E-state index contributed by atoms with van der Waals surface area (Å²) in [7, 11) is -4.15. The van der Waals surface area contributed by atoms with Gasteiger partial charge in [-0.15, -0.1) is 0 Å². The summed E-state index contributed by atoms with van der Waals surface area (Å²) in [5, 5.41) is 3.54. The third-order valence-electron chi connectivity index (χ3n) is 7.76. The highest BCUT2D eigenvalue weighted by molar-refractivity contribution is 7.92. The Morgan fingerprint density at radius 1 is 0.800 bits per heavy atom. The van der Waals surface area contributed by atoms with Crippen molar-refractivity contribution in [3.05, 3.63) is 131 Å². The fraction of sp³-hybridized carbons (Fsp3) is 0.278. The Morgan fingerprint density at radius 3 is 2.02 bits per heavy atom. The van der Waals surface area contributed by atoms with Gasteiger partial charge in [0.1, 0.15) is 12.6 Å². The van der Waals surface area contributed by atoms with Gasteiger partial charge in [-0.25, -0.2) is 8.42 Å². The van der Waals surface area contributed by atoms with Crippen LogP contribution in [0, 0.1) is 0 Å². The molecule has 4 aromatic rings. The molecule has 0 unspecified atom stereocenters. The second kappa shape index (κ2) is 15.7. The van der Waals surface area contributed by atoms with Crippen molar-refractivity contribution in [1.29, 1.82) is 0 Å². The van der Waals surface area contributed by atoms with Crippen molar-refractivity contribution in [2.24, 2.45) is 0 Å². The molecule has 0 aromatic heterocycles. The summed E-state index contributed by atoms with van der Waals surface area (Å²) in [5.74, 6) is -0.831. The molecule has 45 heavy (non-hydrogen) atoms. The molecule has 0 aliphatic carbocycles. The molecule has 0 heterocycles. The molecule has 4 aromatic carbocycles. The van der Waals surface area contributed by atoms with E-state index < -0.39 is 28.5 Å². The van der Waals surface area contributed by atoms with E-state index in [0.29, 0.717) is 17.1 Å². The van der Waals surface area contributed by atoms with Gasteiger partial charge in [0.05, 0.1) is 10.6 Å². The third kappa shape index (κ3) is 8.96. The Balaban J connectivity index is 1.80. The van der Waals surface area contributed by atoms with Gasteiger partial charge < -0.3 is 10.2 Å². The molecule has 7 nitrogen and oxygen atoms in total. The monoisotopic (exact) mass is 645 g/mol. The standard InChI is InChI=1S/C36H40ClN3O4S/c1-4-27(3)38-36(42)34(24-29-13-8-6-9-14-29)39(25-30-15-12-16-31(37)23-30)35(41)26-40(32-21-19-28(5-2)20-22-32)45(43,44)33-17-10-7-11-18-33/h6-23,27,34H,4-5,24-26H2,1-3H3,(H,38,42)/t27-,34+/m1/s1. The molecule has 0 saturated heterocycles. The first kappa shape index (κ1) is 33.7. The van der Waals surface area contributed by atoms with Gasteiger partial charge in [-0.1, -0.05) is 98.2 Å². The number of nitrogens with zero attached hydrogens (tertiary/aromatic N) is 2. The molecule has 2 amide bonds. The lowest BCUT2D eigenvalue weighted by atomic mass is 10.0. The number of nitrogens with one attached hydrogen (secondary N) is 1. The lowest BCUT2D eigenvalue weighted by molar-refractivity contribution is -0.140. The summed E-state index contributed by atoms with van der Waals surface area (Å²) in [6.07, 6.45) is 1.74. The van der Waals surface area contributed by atoms with Crippen LogP contribution >= 0.6 is 11.6 Å². The Kier molecular flexibility index (Phi) is 11.8. The molecule has 2 atom stereocenters. The number of halogens is 1. The van der Waals surface area contributed by atoms with E-state index in [1.807, 2.05) is 69.3 Å². The van der Waals surface area contributed by atoms with Crippen LogP contribution in [0.3, 0.4) is 0 Å². The van der Waals surface area contributed by atoms with E-state index in [2.05, 4.69) is 5.32 Å². The van der Waals surface area contributed by atoms with E-state index in [1.54, 1.807) is 48.5 Å². The van der Waals surface area contributed by atoms with Crippen LogP contribution < -0.4 is 9.62 Å². The summed E-state index contributed by atoms with van der Waals surface area (Å²) in [6, 6.07) is 30.7. The zero-order valence-corrected chi connectivity index (χ0v) is 27.5. The molecule has 0 fully saturated rings. The fourth-order valence-corrected chi connectivity index (χ4v) is 6.62. The van der Waals surface area contributed by atoms with Gasteiger partial charge in [-0.2, -0.15) is 0 Å². The van der Waals surface area contributed by atoms with E-state index >= 15 is 0 Å². The van der Waals surface area contributed by atoms with Crippen molar-refractivity contribution < 1.29 is 18.0 Å². The van der Waals surface area contributed by atoms with Crippen molar-refractivity contribution in [1.82, 2.24) is 10.2 Å². The number of carbonyl (C=O) groups excluding carboxylic acids is 2. The molecular weight excluding hydrogens is 606 g/mol. The molecule has 0 spiro atoms. The number of sulfonamides is 1. The number of hydrogen-bond donors (Lipinski definition) is 1. The van der Waals surface area contributed by atoms with Gasteiger partial charge >= 0.3 is 0 Å². The number of benzene rings is 4. The topological polar surface area (TPSA) is 86.8 Å². The van der Waals surface area contributed by atoms with Crippen LogP contribution in [0.25, 0.3) is 0 Å². The molecule has 1 N–H and O–H groups in total. The van der Waals surface area contributed by atoms with E-state index in [9.17, 15) is 18.0 Å². The highest BCUT2D eigenvalue weighted by atomic mass is 35.5. The minimum absolute atomic E-state index is 0.0544. The molecule has 236 valence electrons. The third-order valence-corrected chi connectivity index (χ3v) is 9.78. The molecule has 9 heteroatoms. The van der Waals surface area contributed by atoms with Gasteiger partial charge in [0, 0.05) is 24.0 Å². The summed E-state index contributed by atoms with van der Waals surface area (Å²) in [5.41, 5.74) is 2.98. The van der Waals surface area contributed by atoms with Crippen LogP contribution in [0.15, 0.2) is 114 Å². The first-order valence-electron chi connectivity index (χ1n) is 15.2. The number of amides is 2. The van der Waals surface area contributed by atoms with Gasteiger partial charge in [0.25, 0.3) is 10.0 Å². The van der Waals surface area contributed by atoms with Crippen LogP contribution in [0.5, 0.6) is 0 Å².